The number of ether oxygens (including phenoxy) is 1. The Morgan fingerprint density at radius 3 is 2.81 bits per heavy atom. The Balaban J connectivity index is 2.06. The zero-order chi connectivity index (χ0) is 15.4. The Labute approximate surface area is 121 Å². The number of carbonyl (C=O) groups is 2. The first-order valence-corrected chi connectivity index (χ1v) is 6.93. The number of likely N-dealkylation sites (tertiary alicyclic amines) is 1. The molecule has 0 N–H and O–H groups in total. The molecule has 1 amide bonds. The third-order valence-corrected chi connectivity index (χ3v) is 3.49. The number of carbonyl (C=O) groups excluding carboxylic acids is 2. The monoisotopic (exact) mass is 297 g/mol. The second kappa shape index (κ2) is 6.65. The smallest absolute Gasteiger partial charge is 0.328 e. The quantitative estimate of drug-likeness (QED) is 0.799. The predicted octanol–water partition coefficient (Wildman–Crippen LogP) is 2.06. The van der Waals surface area contributed by atoms with Crippen LogP contribution in [0.15, 0.2) is 18.2 Å². The van der Waals surface area contributed by atoms with E-state index >= 15 is 0 Å². The van der Waals surface area contributed by atoms with Crippen molar-refractivity contribution >= 4 is 11.9 Å². The summed E-state index contributed by atoms with van der Waals surface area (Å²) in [5.74, 6) is -2.22. The minimum atomic E-state index is -0.754. The van der Waals surface area contributed by atoms with Crippen LogP contribution in [-0.4, -0.2) is 36.0 Å². The van der Waals surface area contributed by atoms with Gasteiger partial charge in [0.2, 0.25) is 5.91 Å². The first kappa shape index (κ1) is 15.4. The Morgan fingerprint density at radius 1 is 1.38 bits per heavy atom. The van der Waals surface area contributed by atoms with Crippen molar-refractivity contribution in [3.8, 4) is 0 Å². The maximum atomic E-state index is 13.6. The molecule has 114 valence electrons. The van der Waals surface area contributed by atoms with Crippen LogP contribution in [0.25, 0.3) is 0 Å². The van der Waals surface area contributed by atoms with Crippen LogP contribution in [0.3, 0.4) is 0 Å². The molecule has 6 heteroatoms. The summed E-state index contributed by atoms with van der Waals surface area (Å²) in [5, 5.41) is 0. The number of benzene rings is 1. The molecule has 1 unspecified atom stereocenters. The lowest BCUT2D eigenvalue weighted by Gasteiger charge is -2.23. The van der Waals surface area contributed by atoms with E-state index < -0.39 is 23.6 Å². The van der Waals surface area contributed by atoms with Crippen LogP contribution in [0.2, 0.25) is 0 Å². The highest BCUT2D eigenvalue weighted by atomic mass is 19.1. The number of halogens is 2. The molecule has 0 bridgehead atoms. The fourth-order valence-electron chi connectivity index (χ4n) is 2.48. The minimum absolute atomic E-state index is 0.121. The molecule has 4 nitrogen and oxygen atoms in total. The maximum Gasteiger partial charge on any atom is 0.328 e. The van der Waals surface area contributed by atoms with Gasteiger partial charge in [-0.25, -0.2) is 13.6 Å². The third-order valence-electron chi connectivity index (χ3n) is 3.49. The van der Waals surface area contributed by atoms with Crippen molar-refractivity contribution < 1.29 is 23.1 Å². The number of amides is 1. The fourth-order valence-corrected chi connectivity index (χ4v) is 2.48. The van der Waals surface area contributed by atoms with E-state index in [1.807, 2.05) is 0 Å². The zero-order valence-electron chi connectivity index (χ0n) is 11.8. The summed E-state index contributed by atoms with van der Waals surface area (Å²) in [6, 6.07) is 2.51. The van der Waals surface area contributed by atoms with E-state index in [0.717, 1.165) is 12.1 Å². The Bertz CT molecular complexity index is 548. The first-order valence-electron chi connectivity index (χ1n) is 6.93. The molecule has 1 aliphatic heterocycles. The summed E-state index contributed by atoms with van der Waals surface area (Å²) in [6.07, 6.45) is 1.07. The predicted molar refractivity (Wildman–Crippen MR) is 71.4 cm³/mol. The molecule has 0 aromatic heterocycles. The molecule has 0 spiro atoms. The van der Waals surface area contributed by atoms with Gasteiger partial charge in [0.25, 0.3) is 0 Å². The average molecular weight is 297 g/mol. The van der Waals surface area contributed by atoms with Crippen LogP contribution in [0.1, 0.15) is 25.3 Å². The number of esters is 1. The van der Waals surface area contributed by atoms with Gasteiger partial charge in [-0.3, -0.25) is 4.79 Å². The summed E-state index contributed by atoms with van der Waals surface area (Å²) in [5.41, 5.74) is 0.121. The molecular formula is C15H17F2NO3. The molecule has 1 fully saturated rings. The molecule has 1 atom stereocenters. The molecule has 0 saturated carbocycles. The summed E-state index contributed by atoms with van der Waals surface area (Å²) in [7, 11) is 0. The number of nitrogens with zero attached hydrogens (tertiary/aromatic N) is 1. The number of hydrogen-bond acceptors (Lipinski definition) is 3. The van der Waals surface area contributed by atoms with E-state index in [1.54, 1.807) is 6.92 Å². The van der Waals surface area contributed by atoms with Gasteiger partial charge in [-0.05, 0) is 31.4 Å². The summed E-state index contributed by atoms with van der Waals surface area (Å²) in [6.45, 7) is 2.40. The van der Waals surface area contributed by atoms with Gasteiger partial charge in [0.1, 0.15) is 17.7 Å². The van der Waals surface area contributed by atoms with Crippen LogP contribution in [0.5, 0.6) is 0 Å². The molecule has 1 aliphatic rings. The third kappa shape index (κ3) is 3.56. The van der Waals surface area contributed by atoms with Crippen molar-refractivity contribution in [2.75, 3.05) is 13.2 Å². The number of rotatable bonds is 4. The van der Waals surface area contributed by atoms with Crippen LogP contribution in [-0.2, 0) is 20.7 Å². The van der Waals surface area contributed by atoms with Crippen LogP contribution in [0.4, 0.5) is 8.78 Å². The zero-order valence-corrected chi connectivity index (χ0v) is 11.8. The Morgan fingerprint density at radius 2 is 2.14 bits per heavy atom. The van der Waals surface area contributed by atoms with Crippen LogP contribution < -0.4 is 0 Å². The van der Waals surface area contributed by atoms with Crippen LogP contribution in [0, 0.1) is 11.6 Å². The van der Waals surface area contributed by atoms with Gasteiger partial charge in [-0.1, -0.05) is 6.07 Å². The van der Waals surface area contributed by atoms with E-state index in [2.05, 4.69) is 0 Å². The summed E-state index contributed by atoms with van der Waals surface area (Å²) < 4.78 is 31.4. The van der Waals surface area contributed by atoms with E-state index in [0.29, 0.717) is 19.4 Å². The van der Waals surface area contributed by atoms with Gasteiger partial charge in [-0.2, -0.15) is 0 Å². The highest BCUT2D eigenvalue weighted by molar-refractivity contribution is 5.86. The molecule has 1 aromatic rings. The largest absolute Gasteiger partial charge is 0.464 e. The van der Waals surface area contributed by atoms with Gasteiger partial charge in [0.15, 0.2) is 0 Å². The second-order valence-electron chi connectivity index (χ2n) is 4.91. The summed E-state index contributed by atoms with van der Waals surface area (Å²) in [4.78, 5) is 25.4. The Hall–Kier alpha value is -1.98. The van der Waals surface area contributed by atoms with Crippen molar-refractivity contribution in [1.29, 1.82) is 0 Å². The molecule has 0 aliphatic carbocycles. The Kier molecular flexibility index (Phi) is 4.88. The van der Waals surface area contributed by atoms with Gasteiger partial charge in [0.05, 0.1) is 13.0 Å². The molecular weight excluding hydrogens is 280 g/mol. The van der Waals surface area contributed by atoms with Gasteiger partial charge in [0, 0.05) is 12.6 Å². The topological polar surface area (TPSA) is 46.6 Å². The second-order valence-corrected chi connectivity index (χ2v) is 4.91. The maximum absolute atomic E-state index is 13.6. The lowest BCUT2D eigenvalue weighted by atomic mass is 10.1. The minimum Gasteiger partial charge on any atom is -0.464 e. The summed E-state index contributed by atoms with van der Waals surface area (Å²) >= 11 is 0. The standard InChI is InChI=1S/C15H17F2NO3/c1-2-21-15(20)13-4-3-7-18(13)14(19)8-10-5-6-11(16)9-12(10)17/h5-6,9,13H,2-4,7-8H2,1H3. The lowest BCUT2D eigenvalue weighted by Crippen LogP contribution is -2.42. The molecule has 0 radical (unpaired) electrons. The fraction of sp³-hybridized carbons (Fsp3) is 0.467. The molecule has 21 heavy (non-hydrogen) atoms. The van der Waals surface area contributed by atoms with Gasteiger partial charge < -0.3 is 9.64 Å². The van der Waals surface area contributed by atoms with Crippen molar-refractivity contribution in [2.24, 2.45) is 0 Å². The molecule has 2 rings (SSSR count). The van der Waals surface area contributed by atoms with Gasteiger partial charge in [-0.15, -0.1) is 0 Å². The van der Waals surface area contributed by atoms with E-state index in [1.165, 1.54) is 11.0 Å². The molecule has 1 saturated heterocycles. The normalized spacial score (nSPS) is 17.9. The highest BCUT2D eigenvalue weighted by Gasteiger charge is 2.35. The van der Waals surface area contributed by atoms with Crippen molar-refractivity contribution in [3.05, 3.63) is 35.4 Å². The number of hydrogen-bond donors (Lipinski definition) is 0. The van der Waals surface area contributed by atoms with E-state index in [9.17, 15) is 18.4 Å². The molecule has 1 heterocycles. The highest BCUT2D eigenvalue weighted by Crippen LogP contribution is 2.20. The van der Waals surface area contributed by atoms with E-state index in [-0.39, 0.29) is 24.5 Å². The lowest BCUT2D eigenvalue weighted by molar-refractivity contribution is -0.152. The first-order chi connectivity index (χ1) is 10.0. The van der Waals surface area contributed by atoms with Crippen molar-refractivity contribution in [2.45, 2.75) is 32.2 Å². The van der Waals surface area contributed by atoms with E-state index in [4.69, 9.17) is 4.74 Å². The van der Waals surface area contributed by atoms with Crippen molar-refractivity contribution in [1.82, 2.24) is 4.90 Å². The van der Waals surface area contributed by atoms with Gasteiger partial charge >= 0.3 is 5.97 Å². The average Bonchev–Trinajstić information content (AvgIpc) is 2.91. The SMILES string of the molecule is CCOC(=O)C1CCCN1C(=O)Cc1ccc(F)cc1F. The van der Waals surface area contributed by atoms with Crippen LogP contribution >= 0.6 is 0 Å². The molecule has 1 aromatic carbocycles. The van der Waals surface area contributed by atoms with Crippen molar-refractivity contribution in [3.63, 3.8) is 0 Å².